The van der Waals surface area contributed by atoms with Gasteiger partial charge in [0.15, 0.2) is 6.29 Å². The molecular weight excluding hydrogens is 194 g/mol. The van der Waals surface area contributed by atoms with Crippen LogP contribution in [-0.2, 0) is 0 Å². The first kappa shape index (κ1) is 7.71. The minimum absolute atomic E-state index is 0.492. The summed E-state index contributed by atoms with van der Waals surface area (Å²) in [4.78, 5) is 10.5. The van der Waals surface area contributed by atoms with E-state index in [2.05, 4.69) is 4.37 Å². The quantitative estimate of drug-likeness (QED) is 0.658. The fraction of sp³-hybridized carbons (Fsp3) is 0. The van der Waals surface area contributed by atoms with Crippen molar-refractivity contribution in [1.82, 2.24) is 4.37 Å². The second-order valence-corrected chi connectivity index (χ2v) is 3.57. The number of fused-ring (bicyclic) bond motifs is 1. The van der Waals surface area contributed by atoms with E-state index in [4.69, 9.17) is 11.6 Å². The normalized spacial score (nSPS) is 10.4. The number of benzene rings is 1. The molecule has 0 aliphatic rings. The van der Waals surface area contributed by atoms with Crippen LogP contribution in [0.1, 0.15) is 10.5 Å². The van der Waals surface area contributed by atoms with Gasteiger partial charge in [0.25, 0.3) is 0 Å². The molecule has 1 aromatic heterocycles. The molecule has 0 saturated carbocycles. The van der Waals surface area contributed by atoms with Crippen LogP contribution in [0.2, 0.25) is 5.02 Å². The van der Waals surface area contributed by atoms with Gasteiger partial charge in [-0.1, -0.05) is 11.6 Å². The highest BCUT2D eigenvalue weighted by atomic mass is 35.5. The van der Waals surface area contributed by atoms with Gasteiger partial charge < -0.3 is 0 Å². The van der Waals surface area contributed by atoms with Crippen LogP contribution in [0.25, 0.3) is 10.1 Å². The van der Waals surface area contributed by atoms with Crippen molar-refractivity contribution in [3.63, 3.8) is 0 Å². The van der Waals surface area contributed by atoms with E-state index < -0.39 is 0 Å². The van der Waals surface area contributed by atoms with E-state index in [0.717, 1.165) is 16.4 Å². The number of hydrogen-bond donors (Lipinski definition) is 0. The first-order valence-electron chi connectivity index (χ1n) is 3.31. The molecule has 60 valence electrons. The molecule has 2 aromatic rings. The van der Waals surface area contributed by atoms with Crippen molar-refractivity contribution in [2.75, 3.05) is 0 Å². The van der Waals surface area contributed by atoms with Crippen molar-refractivity contribution >= 4 is 39.5 Å². The van der Waals surface area contributed by atoms with Crippen molar-refractivity contribution in [2.24, 2.45) is 0 Å². The van der Waals surface area contributed by atoms with Gasteiger partial charge in [-0.25, -0.2) is 0 Å². The molecule has 1 heterocycles. The number of rotatable bonds is 1. The van der Waals surface area contributed by atoms with Gasteiger partial charge in [-0.15, -0.1) is 0 Å². The molecule has 0 atom stereocenters. The summed E-state index contributed by atoms with van der Waals surface area (Å²) in [5.74, 6) is 0. The fourth-order valence-corrected chi connectivity index (χ4v) is 2.04. The molecule has 0 amide bonds. The van der Waals surface area contributed by atoms with Crippen molar-refractivity contribution in [3.05, 3.63) is 28.9 Å². The van der Waals surface area contributed by atoms with Gasteiger partial charge in [-0.2, -0.15) is 4.37 Å². The lowest BCUT2D eigenvalue weighted by Gasteiger charge is -1.88. The van der Waals surface area contributed by atoms with Gasteiger partial charge >= 0.3 is 0 Å². The molecular formula is C8H4ClNOS. The zero-order valence-corrected chi connectivity index (χ0v) is 7.52. The van der Waals surface area contributed by atoms with Gasteiger partial charge in [0.1, 0.15) is 5.69 Å². The van der Waals surface area contributed by atoms with Gasteiger partial charge in [-0.3, -0.25) is 4.79 Å². The summed E-state index contributed by atoms with van der Waals surface area (Å²) < 4.78 is 4.92. The molecule has 0 N–H and O–H groups in total. The second-order valence-electron chi connectivity index (χ2n) is 2.33. The molecule has 0 aliphatic heterocycles. The van der Waals surface area contributed by atoms with Crippen molar-refractivity contribution < 1.29 is 4.79 Å². The molecule has 4 heteroatoms. The number of halogens is 1. The molecule has 2 nitrogen and oxygen atoms in total. The molecule has 0 unspecified atom stereocenters. The van der Waals surface area contributed by atoms with E-state index in [-0.39, 0.29) is 0 Å². The lowest BCUT2D eigenvalue weighted by molar-refractivity contribution is 0.112. The summed E-state index contributed by atoms with van der Waals surface area (Å²) in [6, 6.07) is 5.37. The summed E-state index contributed by atoms with van der Waals surface area (Å²) in [5, 5.41) is 1.54. The summed E-state index contributed by atoms with van der Waals surface area (Å²) in [6.07, 6.45) is 0.757. The van der Waals surface area contributed by atoms with Crippen LogP contribution < -0.4 is 0 Å². The van der Waals surface area contributed by atoms with Crippen LogP contribution in [0.3, 0.4) is 0 Å². The minimum atomic E-state index is 0.492. The van der Waals surface area contributed by atoms with E-state index in [9.17, 15) is 4.79 Å². The molecule has 0 radical (unpaired) electrons. The fourth-order valence-electron chi connectivity index (χ4n) is 1.02. The molecule has 0 bridgehead atoms. The summed E-state index contributed by atoms with van der Waals surface area (Å²) in [6.45, 7) is 0. The zero-order chi connectivity index (χ0) is 8.55. The van der Waals surface area contributed by atoms with Gasteiger partial charge in [0.2, 0.25) is 0 Å². The molecule has 0 fully saturated rings. The molecule has 0 saturated heterocycles. The molecule has 0 aliphatic carbocycles. The second kappa shape index (κ2) is 2.84. The molecule has 2 rings (SSSR count). The highest BCUT2D eigenvalue weighted by Gasteiger charge is 2.04. The number of nitrogens with zero attached hydrogens (tertiary/aromatic N) is 1. The van der Waals surface area contributed by atoms with Crippen LogP contribution in [0.5, 0.6) is 0 Å². The van der Waals surface area contributed by atoms with Crippen molar-refractivity contribution in [2.45, 2.75) is 0 Å². The van der Waals surface area contributed by atoms with Crippen LogP contribution in [0.4, 0.5) is 0 Å². The third-order valence-electron chi connectivity index (χ3n) is 1.57. The van der Waals surface area contributed by atoms with E-state index in [1.807, 2.05) is 12.1 Å². The van der Waals surface area contributed by atoms with E-state index >= 15 is 0 Å². The van der Waals surface area contributed by atoms with Gasteiger partial charge in [0, 0.05) is 10.4 Å². The van der Waals surface area contributed by atoms with Gasteiger partial charge in [-0.05, 0) is 29.7 Å². The Hall–Kier alpha value is -0.930. The number of carbonyl (C=O) groups is 1. The summed E-state index contributed by atoms with van der Waals surface area (Å²) in [5.41, 5.74) is 0.492. The monoisotopic (exact) mass is 197 g/mol. The SMILES string of the molecule is O=Cc1nsc2cc(Cl)ccc12. The highest BCUT2D eigenvalue weighted by Crippen LogP contribution is 2.24. The number of aldehydes is 1. The van der Waals surface area contributed by atoms with Crippen molar-refractivity contribution in [3.8, 4) is 0 Å². The van der Waals surface area contributed by atoms with E-state index in [1.165, 1.54) is 11.5 Å². The highest BCUT2D eigenvalue weighted by molar-refractivity contribution is 7.13. The molecule has 0 spiro atoms. The third kappa shape index (κ3) is 1.11. The lowest BCUT2D eigenvalue weighted by Crippen LogP contribution is -1.76. The summed E-state index contributed by atoms with van der Waals surface area (Å²) >= 11 is 7.05. The Kier molecular flexibility index (Phi) is 1.83. The Balaban J connectivity index is 2.81. The first-order chi connectivity index (χ1) is 5.81. The maximum atomic E-state index is 10.5. The van der Waals surface area contributed by atoms with Crippen molar-refractivity contribution in [1.29, 1.82) is 0 Å². The number of carbonyl (C=O) groups excluding carboxylic acids is 1. The Bertz CT molecular complexity index is 438. The maximum absolute atomic E-state index is 10.5. The zero-order valence-electron chi connectivity index (χ0n) is 5.95. The largest absolute Gasteiger partial charge is 0.296 e. The summed E-state index contributed by atoms with van der Waals surface area (Å²) in [7, 11) is 0. The molecule has 12 heavy (non-hydrogen) atoms. The average molecular weight is 198 g/mol. The Morgan fingerprint density at radius 1 is 1.50 bits per heavy atom. The maximum Gasteiger partial charge on any atom is 0.170 e. The predicted octanol–water partition coefficient (Wildman–Crippen LogP) is 2.76. The van der Waals surface area contributed by atoms with Crippen LogP contribution in [0.15, 0.2) is 18.2 Å². The van der Waals surface area contributed by atoms with Crippen LogP contribution in [-0.4, -0.2) is 10.7 Å². The van der Waals surface area contributed by atoms with E-state index in [1.54, 1.807) is 6.07 Å². The standard InChI is InChI=1S/C8H4ClNOS/c9-5-1-2-6-7(4-11)10-12-8(6)3-5/h1-4H. The third-order valence-corrected chi connectivity index (χ3v) is 2.63. The average Bonchev–Trinajstić information content (AvgIpc) is 2.46. The number of aromatic nitrogens is 1. The van der Waals surface area contributed by atoms with Gasteiger partial charge in [0.05, 0.1) is 4.70 Å². The Morgan fingerprint density at radius 2 is 2.33 bits per heavy atom. The van der Waals surface area contributed by atoms with Crippen LogP contribution >= 0.6 is 23.1 Å². The topological polar surface area (TPSA) is 30.0 Å². The smallest absolute Gasteiger partial charge is 0.170 e. The lowest BCUT2D eigenvalue weighted by atomic mass is 10.2. The first-order valence-corrected chi connectivity index (χ1v) is 4.46. The minimum Gasteiger partial charge on any atom is -0.296 e. The number of hydrogen-bond acceptors (Lipinski definition) is 3. The predicted molar refractivity (Wildman–Crippen MR) is 50.0 cm³/mol. The Morgan fingerprint density at radius 3 is 3.08 bits per heavy atom. The molecule has 1 aromatic carbocycles. The Labute approximate surface area is 77.9 Å². The van der Waals surface area contributed by atoms with Crippen LogP contribution in [0, 0.1) is 0 Å². The van der Waals surface area contributed by atoms with E-state index in [0.29, 0.717) is 10.7 Å².